The molecule has 202 valence electrons. The number of hydrogen-bond acceptors (Lipinski definition) is 6. The summed E-state index contributed by atoms with van der Waals surface area (Å²) in [6.45, 7) is 7.59. The lowest BCUT2D eigenvalue weighted by Crippen LogP contribution is -2.51. The lowest BCUT2D eigenvalue weighted by molar-refractivity contribution is 0.0369. The number of ether oxygens (including phenoxy) is 1. The van der Waals surface area contributed by atoms with Gasteiger partial charge in [0.1, 0.15) is 6.10 Å². The largest absolute Gasteiger partial charge is 0.485 e. The molecular formula is C26H36N4O6S. The highest BCUT2D eigenvalue weighted by Gasteiger charge is 2.35. The quantitative estimate of drug-likeness (QED) is 0.480. The Hall–Kier alpha value is -3.31. The minimum Gasteiger partial charge on any atom is -0.485 e. The van der Waals surface area contributed by atoms with E-state index >= 15 is 0 Å². The molecule has 0 fully saturated rings. The Kier molecular flexibility index (Phi) is 9.03. The van der Waals surface area contributed by atoms with Crippen LogP contribution in [-0.2, 0) is 10.0 Å². The van der Waals surface area contributed by atoms with Gasteiger partial charge >= 0.3 is 6.03 Å². The van der Waals surface area contributed by atoms with Crippen LogP contribution in [0.2, 0.25) is 0 Å². The summed E-state index contributed by atoms with van der Waals surface area (Å²) in [6, 6.07) is 11.8. The molecule has 3 rings (SSSR count). The van der Waals surface area contributed by atoms with Gasteiger partial charge in [0.05, 0.1) is 35.3 Å². The molecule has 3 atom stereocenters. The van der Waals surface area contributed by atoms with Gasteiger partial charge in [0.2, 0.25) is 0 Å². The maximum Gasteiger partial charge on any atom is 0.317 e. The van der Waals surface area contributed by atoms with E-state index in [0.29, 0.717) is 0 Å². The van der Waals surface area contributed by atoms with E-state index < -0.39 is 22.2 Å². The number of benzene rings is 2. The van der Waals surface area contributed by atoms with E-state index in [9.17, 15) is 23.1 Å². The Balaban J connectivity index is 2.05. The predicted molar refractivity (Wildman–Crippen MR) is 141 cm³/mol. The summed E-state index contributed by atoms with van der Waals surface area (Å²) in [4.78, 5) is 29.3. The molecule has 37 heavy (non-hydrogen) atoms. The van der Waals surface area contributed by atoms with Crippen molar-refractivity contribution in [2.45, 2.75) is 50.8 Å². The van der Waals surface area contributed by atoms with Crippen LogP contribution in [0.4, 0.5) is 10.5 Å². The van der Waals surface area contributed by atoms with Gasteiger partial charge in [0.25, 0.3) is 15.9 Å². The monoisotopic (exact) mass is 532 g/mol. The Morgan fingerprint density at radius 1 is 1.16 bits per heavy atom. The first-order valence-electron chi connectivity index (χ1n) is 12.3. The zero-order valence-corrected chi connectivity index (χ0v) is 22.7. The van der Waals surface area contributed by atoms with Gasteiger partial charge < -0.3 is 25.0 Å². The Morgan fingerprint density at radius 2 is 1.84 bits per heavy atom. The van der Waals surface area contributed by atoms with Crippen LogP contribution in [0.25, 0.3) is 0 Å². The number of sulfonamides is 1. The number of para-hydroxylation sites is 1. The van der Waals surface area contributed by atoms with E-state index in [4.69, 9.17) is 4.74 Å². The number of hydrogen-bond donors (Lipinski definition) is 3. The second-order valence-electron chi connectivity index (χ2n) is 9.71. The molecule has 3 N–H and O–H groups in total. The molecular weight excluding hydrogens is 496 g/mol. The highest BCUT2D eigenvalue weighted by atomic mass is 32.2. The number of nitrogens with one attached hydrogen (secondary N) is 2. The number of aliphatic hydroxyl groups excluding tert-OH is 1. The molecule has 0 saturated heterocycles. The van der Waals surface area contributed by atoms with Crippen molar-refractivity contribution >= 4 is 27.6 Å². The zero-order chi connectivity index (χ0) is 27.3. The third-order valence-corrected chi connectivity index (χ3v) is 7.58. The molecule has 0 aromatic heterocycles. The first-order valence-corrected chi connectivity index (χ1v) is 13.7. The summed E-state index contributed by atoms with van der Waals surface area (Å²) in [5, 5.41) is 12.7. The van der Waals surface area contributed by atoms with Gasteiger partial charge in [-0.3, -0.25) is 9.52 Å². The van der Waals surface area contributed by atoms with Crippen LogP contribution in [0.1, 0.15) is 38.1 Å². The zero-order valence-electron chi connectivity index (χ0n) is 21.8. The third kappa shape index (κ3) is 6.72. The molecule has 11 heteroatoms. The highest BCUT2D eigenvalue weighted by Crippen LogP contribution is 2.36. The average molecular weight is 533 g/mol. The molecule has 0 bridgehead atoms. The summed E-state index contributed by atoms with van der Waals surface area (Å²) in [7, 11) is -2.32. The Labute approximate surface area is 218 Å². The van der Waals surface area contributed by atoms with Gasteiger partial charge in [0.15, 0.2) is 5.75 Å². The van der Waals surface area contributed by atoms with Crippen molar-refractivity contribution in [1.82, 2.24) is 15.1 Å². The summed E-state index contributed by atoms with van der Waals surface area (Å²) in [6.07, 6.45) is -0.578. The molecule has 0 aliphatic carbocycles. The molecule has 0 unspecified atom stereocenters. The maximum atomic E-state index is 13.6. The van der Waals surface area contributed by atoms with Crippen LogP contribution in [0.5, 0.6) is 5.75 Å². The fourth-order valence-corrected chi connectivity index (χ4v) is 5.14. The SMILES string of the molecule is CC(C)NC(=O)N(C)C[C@H]1Oc2c(NS(=O)(=O)c3ccccc3)cccc2C(=O)N([C@H](C)CO)C[C@H]1C. The van der Waals surface area contributed by atoms with Crippen molar-refractivity contribution in [3.8, 4) is 5.75 Å². The maximum absolute atomic E-state index is 13.6. The standard InChI is InChI=1S/C26H36N4O6S/c1-17(2)27-26(33)29(5)15-23-18(3)14-30(19(4)16-31)25(32)21-12-9-13-22(24(21)36-23)28-37(34,35)20-10-7-6-8-11-20/h6-13,17-19,23,28,31H,14-16H2,1-5H3,(H,27,33)/t18-,19-,23-/m1/s1. The van der Waals surface area contributed by atoms with E-state index in [-0.39, 0.29) is 65.5 Å². The summed E-state index contributed by atoms with van der Waals surface area (Å²) in [5.41, 5.74) is 0.277. The minimum atomic E-state index is -3.97. The minimum absolute atomic E-state index is 0.0520. The number of anilines is 1. The highest BCUT2D eigenvalue weighted by molar-refractivity contribution is 7.92. The first-order chi connectivity index (χ1) is 17.4. The van der Waals surface area contributed by atoms with Crippen molar-refractivity contribution in [3.63, 3.8) is 0 Å². The number of amides is 3. The number of nitrogens with zero attached hydrogens (tertiary/aromatic N) is 2. The number of rotatable bonds is 8. The van der Waals surface area contributed by atoms with E-state index in [1.807, 2.05) is 20.8 Å². The predicted octanol–water partition coefficient (Wildman–Crippen LogP) is 2.76. The van der Waals surface area contributed by atoms with Gasteiger partial charge in [-0.25, -0.2) is 13.2 Å². The summed E-state index contributed by atoms with van der Waals surface area (Å²) in [5.74, 6) is -0.552. The topological polar surface area (TPSA) is 128 Å². The van der Waals surface area contributed by atoms with Crippen molar-refractivity contribution in [3.05, 3.63) is 54.1 Å². The molecule has 0 saturated carbocycles. The molecule has 1 aliphatic rings. The van der Waals surface area contributed by atoms with E-state index in [1.54, 1.807) is 49.2 Å². The van der Waals surface area contributed by atoms with Crippen molar-refractivity contribution < 1.29 is 27.9 Å². The van der Waals surface area contributed by atoms with Gasteiger partial charge in [-0.05, 0) is 45.0 Å². The Bertz CT molecular complexity index is 1200. The fraction of sp³-hybridized carbons (Fsp3) is 0.462. The number of fused-ring (bicyclic) bond motifs is 1. The number of carbonyl (C=O) groups excluding carboxylic acids is 2. The van der Waals surface area contributed by atoms with E-state index in [2.05, 4.69) is 10.0 Å². The number of likely N-dealkylation sites (N-methyl/N-ethyl adjacent to an activating group) is 1. The average Bonchev–Trinajstić information content (AvgIpc) is 2.85. The fourth-order valence-electron chi connectivity index (χ4n) is 4.05. The van der Waals surface area contributed by atoms with Crippen molar-refractivity contribution in [2.24, 2.45) is 5.92 Å². The van der Waals surface area contributed by atoms with Crippen molar-refractivity contribution in [1.29, 1.82) is 0 Å². The molecule has 1 heterocycles. The molecule has 10 nitrogen and oxygen atoms in total. The van der Waals surface area contributed by atoms with Crippen LogP contribution in [0, 0.1) is 5.92 Å². The second kappa shape index (κ2) is 11.8. The van der Waals surface area contributed by atoms with Crippen LogP contribution in [0.15, 0.2) is 53.4 Å². The van der Waals surface area contributed by atoms with Crippen molar-refractivity contribution in [2.75, 3.05) is 31.5 Å². The Morgan fingerprint density at radius 3 is 2.46 bits per heavy atom. The lowest BCUT2D eigenvalue weighted by Gasteiger charge is -2.38. The molecule has 0 radical (unpaired) electrons. The summed E-state index contributed by atoms with van der Waals surface area (Å²) < 4.78 is 35.1. The van der Waals surface area contributed by atoms with Crippen LogP contribution >= 0.6 is 0 Å². The van der Waals surface area contributed by atoms with E-state index in [0.717, 1.165) is 0 Å². The number of urea groups is 1. The second-order valence-corrected chi connectivity index (χ2v) is 11.4. The normalized spacial score (nSPS) is 18.8. The number of aliphatic hydroxyl groups is 1. The van der Waals surface area contributed by atoms with Crippen LogP contribution < -0.4 is 14.8 Å². The van der Waals surface area contributed by atoms with Crippen LogP contribution in [-0.4, -0.2) is 80.2 Å². The van der Waals surface area contributed by atoms with Crippen LogP contribution in [0.3, 0.4) is 0 Å². The smallest absolute Gasteiger partial charge is 0.317 e. The van der Waals surface area contributed by atoms with Gasteiger partial charge in [-0.1, -0.05) is 31.2 Å². The van der Waals surface area contributed by atoms with Gasteiger partial charge in [-0.2, -0.15) is 0 Å². The molecule has 3 amide bonds. The van der Waals surface area contributed by atoms with E-state index in [1.165, 1.54) is 23.1 Å². The number of carbonyl (C=O) groups is 2. The molecule has 2 aromatic rings. The first kappa shape index (κ1) is 28.3. The molecule has 0 spiro atoms. The molecule has 1 aliphatic heterocycles. The lowest BCUT2D eigenvalue weighted by atomic mass is 9.99. The molecule has 2 aromatic carbocycles. The third-order valence-electron chi connectivity index (χ3n) is 6.20. The van der Waals surface area contributed by atoms with Gasteiger partial charge in [0, 0.05) is 25.6 Å². The van der Waals surface area contributed by atoms with Gasteiger partial charge in [-0.15, -0.1) is 0 Å². The summed E-state index contributed by atoms with van der Waals surface area (Å²) >= 11 is 0.